The number of benzene rings is 1. The summed E-state index contributed by atoms with van der Waals surface area (Å²) in [5.74, 6) is -3.72. The number of carboxylic acid groups (broad SMARTS) is 1. The number of anilines is 1. The van der Waals surface area contributed by atoms with E-state index in [2.05, 4.69) is 6.58 Å². The summed E-state index contributed by atoms with van der Waals surface area (Å²) < 4.78 is 6.38. The third-order valence-electron chi connectivity index (χ3n) is 7.30. The zero-order valence-corrected chi connectivity index (χ0v) is 19.3. The predicted octanol–water partition coefficient (Wildman–Crippen LogP) is 2.48. The van der Waals surface area contributed by atoms with Crippen LogP contribution in [-0.4, -0.2) is 69.8 Å². The Morgan fingerprint density at radius 3 is 2.61 bits per heavy atom. The molecule has 178 valence electrons. The van der Waals surface area contributed by atoms with E-state index in [1.807, 2.05) is 0 Å². The molecule has 1 aromatic rings. The fourth-order valence-corrected chi connectivity index (χ4v) is 6.06. The normalized spacial score (nSPS) is 32.2. The van der Waals surface area contributed by atoms with Crippen LogP contribution in [0.1, 0.15) is 32.6 Å². The number of fused-ring (bicyclic) bond motifs is 1. The van der Waals surface area contributed by atoms with E-state index >= 15 is 0 Å². The zero-order valence-electron chi connectivity index (χ0n) is 18.6. The lowest BCUT2D eigenvalue weighted by atomic mass is 9.66. The van der Waals surface area contributed by atoms with Crippen LogP contribution in [0.5, 0.6) is 0 Å². The topological polar surface area (TPSA) is 107 Å². The number of nitrogens with zero attached hydrogens (tertiary/aromatic N) is 2. The van der Waals surface area contributed by atoms with Crippen LogP contribution in [0.2, 0.25) is 5.02 Å². The number of aliphatic hydroxyl groups is 1. The molecular weight excluding hydrogens is 448 g/mol. The van der Waals surface area contributed by atoms with E-state index in [0.717, 1.165) is 0 Å². The third kappa shape index (κ3) is 3.64. The summed E-state index contributed by atoms with van der Waals surface area (Å²) >= 11 is 6.02. The number of carboxylic acids is 1. The summed E-state index contributed by atoms with van der Waals surface area (Å²) in [6.07, 6.45) is 3.45. The van der Waals surface area contributed by atoms with E-state index in [4.69, 9.17) is 16.3 Å². The quantitative estimate of drug-likeness (QED) is 0.419. The van der Waals surface area contributed by atoms with E-state index in [1.54, 1.807) is 37.3 Å². The molecule has 4 rings (SSSR count). The second-order valence-corrected chi connectivity index (χ2v) is 9.68. The number of likely N-dealkylation sites (tertiary alicyclic amines) is 1. The van der Waals surface area contributed by atoms with Gasteiger partial charge in [-0.1, -0.05) is 17.7 Å². The highest BCUT2D eigenvalue weighted by Crippen LogP contribution is 2.63. The van der Waals surface area contributed by atoms with Gasteiger partial charge < -0.3 is 24.7 Å². The summed E-state index contributed by atoms with van der Waals surface area (Å²) in [6.45, 7) is 5.91. The van der Waals surface area contributed by atoms with Gasteiger partial charge in [-0.15, -0.1) is 6.58 Å². The molecule has 2 N–H and O–H groups in total. The largest absolute Gasteiger partial charge is 0.481 e. The molecule has 3 aliphatic rings. The monoisotopic (exact) mass is 476 g/mol. The lowest BCUT2D eigenvalue weighted by Gasteiger charge is -2.36. The maximum absolute atomic E-state index is 14.1. The minimum absolute atomic E-state index is 0.0328. The van der Waals surface area contributed by atoms with E-state index in [9.17, 15) is 24.6 Å². The van der Waals surface area contributed by atoms with Gasteiger partial charge in [-0.05, 0) is 56.9 Å². The Bertz CT molecular complexity index is 968. The Kier molecular flexibility index (Phi) is 6.28. The second-order valence-electron chi connectivity index (χ2n) is 9.24. The minimum atomic E-state index is -1.20. The molecule has 2 unspecified atom stereocenters. The van der Waals surface area contributed by atoms with Crippen molar-refractivity contribution in [3.05, 3.63) is 41.9 Å². The molecule has 3 saturated heterocycles. The van der Waals surface area contributed by atoms with Gasteiger partial charge >= 0.3 is 5.97 Å². The SMILES string of the molecule is C=CCN(C(=O)C1N(CCCCO)C(=O)[C@@H]2[C@@H](C(=O)O)[C@@]3(C)CCC12O3)c1ccc(Cl)cc1. The summed E-state index contributed by atoms with van der Waals surface area (Å²) in [4.78, 5) is 42.9. The van der Waals surface area contributed by atoms with Crippen molar-refractivity contribution in [3.63, 3.8) is 0 Å². The standard InChI is InChI=1S/C24H29ClN2O6/c1-3-12-26(16-8-6-15(25)7-9-16)21(30)19-24-11-10-23(2,33-24)18(22(31)32)17(24)20(29)27(19)13-4-5-14-28/h3,6-9,17-19,28H,1,4-5,10-14H2,2H3,(H,31,32)/t17-,18-,19?,23+,24?/m0/s1. The Hall–Kier alpha value is -2.42. The first-order valence-corrected chi connectivity index (χ1v) is 11.6. The van der Waals surface area contributed by atoms with E-state index < -0.39 is 35.0 Å². The Labute approximate surface area is 197 Å². The van der Waals surface area contributed by atoms with Gasteiger partial charge in [0.1, 0.15) is 11.6 Å². The summed E-state index contributed by atoms with van der Waals surface area (Å²) in [5, 5.41) is 19.7. The molecule has 8 nitrogen and oxygen atoms in total. The first-order valence-electron chi connectivity index (χ1n) is 11.2. The number of carbonyl (C=O) groups excluding carboxylic acids is 2. The van der Waals surface area contributed by atoms with Crippen molar-refractivity contribution in [2.24, 2.45) is 11.8 Å². The third-order valence-corrected chi connectivity index (χ3v) is 7.55. The fraction of sp³-hybridized carbons (Fsp3) is 0.542. The van der Waals surface area contributed by atoms with Crippen LogP contribution in [0.25, 0.3) is 0 Å². The molecule has 1 aromatic carbocycles. The van der Waals surface area contributed by atoms with Crippen LogP contribution < -0.4 is 4.90 Å². The molecule has 2 bridgehead atoms. The maximum Gasteiger partial charge on any atom is 0.310 e. The average molecular weight is 477 g/mol. The molecular formula is C24H29ClN2O6. The van der Waals surface area contributed by atoms with Crippen LogP contribution in [0.15, 0.2) is 36.9 Å². The van der Waals surface area contributed by atoms with Crippen LogP contribution in [0.3, 0.4) is 0 Å². The number of unbranched alkanes of at least 4 members (excludes halogenated alkanes) is 1. The first-order chi connectivity index (χ1) is 15.7. The molecule has 0 aliphatic carbocycles. The van der Waals surface area contributed by atoms with E-state index in [-0.39, 0.29) is 31.5 Å². The van der Waals surface area contributed by atoms with Crippen molar-refractivity contribution in [2.45, 2.75) is 49.9 Å². The predicted molar refractivity (Wildman–Crippen MR) is 122 cm³/mol. The first kappa shape index (κ1) is 23.7. The Morgan fingerprint density at radius 2 is 2.00 bits per heavy atom. The summed E-state index contributed by atoms with van der Waals surface area (Å²) in [5.41, 5.74) is -1.59. The smallest absolute Gasteiger partial charge is 0.310 e. The number of amides is 2. The van der Waals surface area contributed by atoms with Crippen molar-refractivity contribution >= 4 is 35.1 Å². The Morgan fingerprint density at radius 1 is 1.30 bits per heavy atom. The molecule has 1 spiro atoms. The number of aliphatic carboxylic acids is 1. The molecule has 3 heterocycles. The van der Waals surface area contributed by atoms with Crippen molar-refractivity contribution in [1.29, 1.82) is 0 Å². The summed E-state index contributed by atoms with van der Waals surface area (Å²) in [7, 11) is 0. The van der Waals surface area contributed by atoms with Gasteiger partial charge in [-0.3, -0.25) is 14.4 Å². The van der Waals surface area contributed by atoms with Crippen LogP contribution in [0.4, 0.5) is 5.69 Å². The highest BCUT2D eigenvalue weighted by molar-refractivity contribution is 6.30. The number of hydrogen-bond donors (Lipinski definition) is 2. The molecule has 9 heteroatoms. The van der Waals surface area contributed by atoms with Crippen LogP contribution in [-0.2, 0) is 19.1 Å². The van der Waals surface area contributed by atoms with Gasteiger partial charge in [0.25, 0.3) is 5.91 Å². The highest BCUT2D eigenvalue weighted by atomic mass is 35.5. The number of ether oxygens (including phenoxy) is 1. The lowest BCUT2D eigenvalue weighted by Crippen LogP contribution is -2.56. The van der Waals surface area contributed by atoms with Gasteiger partial charge in [-0.2, -0.15) is 0 Å². The second kappa shape index (κ2) is 8.74. The van der Waals surface area contributed by atoms with Crippen molar-refractivity contribution in [3.8, 4) is 0 Å². The van der Waals surface area contributed by atoms with Gasteiger partial charge in [0, 0.05) is 30.4 Å². The molecule has 5 atom stereocenters. The van der Waals surface area contributed by atoms with Gasteiger partial charge in [0.2, 0.25) is 5.91 Å². The molecule has 0 radical (unpaired) electrons. The minimum Gasteiger partial charge on any atom is -0.481 e. The van der Waals surface area contributed by atoms with Crippen molar-refractivity contribution in [1.82, 2.24) is 4.90 Å². The van der Waals surface area contributed by atoms with Gasteiger partial charge in [-0.25, -0.2) is 0 Å². The average Bonchev–Trinajstić information content (AvgIpc) is 3.34. The molecule has 0 saturated carbocycles. The number of halogens is 1. The van der Waals surface area contributed by atoms with Crippen molar-refractivity contribution in [2.75, 3.05) is 24.6 Å². The number of hydrogen-bond acceptors (Lipinski definition) is 5. The van der Waals surface area contributed by atoms with Crippen LogP contribution >= 0.6 is 11.6 Å². The van der Waals surface area contributed by atoms with E-state index in [0.29, 0.717) is 36.4 Å². The number of carbonyl (C=O) groups is 3. The maximum atomic E-state index is 14.1. The highest BCUT2D eigenvalue weighted by Gasteiger charge is 2.78. The Balaban J connectivity index is 1.77. The van der Waals surface area contributed by atoms with Gasteiger partial charge in [0.15, 0.2) is 0 Å². The molecule has 33 heavy (non-hydrogen) atoms. The van der Waals surface area contributed by atoms with Crippen LogP contribution in [0, 0.1) is 11.8 Å². The van der Waals surface area contributed by atoms with E-state index in [1.165, 1.54) is 9.80 Å². The number of aliphatic hydroxyl groups excluding tert-OH is 1. The van der Waals surface area contributed by atoms with Crippen molar-refractivity contribution < 1.29 is 29.3 Å². The molecule has 3 fully saturated rings. The van der Waals surface area contributed by atoms with Gasteiger partial charge in [0.05, 0.1) is 17.4 Å². The molecule has 0 aromatic heterocycles. The lowest BCUT2D eigenvalue weighted by molar-refractivity contribution is -0.154. The molecule has 2 amide bonds. The fourth-order valence-electron chi connectivity index (χ4n) is 5.94. The zero-order chi connectivity index (χ0) is 24.0. The summed E-state index contributed by atoms with van der Waals surface area (Å²) in [6, 6.07) is 5.84. The molecule has 3 aliphatic heterocycles. The number of rotatable bonds is 9.